The topological polar surface area (TPSA) is 80.9 Å². The van der Waals surface area contributed by atoms with Gasteiger partial charge >= 0.3 is 0 Å². The van der Waals surface area contributed by atoms with Gasteiger partial charge in [-0.1, -0.05) is 0 Å². The Hall–Kier alpha value is 1.59. The first-order valence-corrected chi connectivity index (χ1v) is 10.6. The predicted molar refractivity (Wildman–Crippen MR) is 106 cm³/mol. The summed E-state index contributed by atoms with van der Waals surface area (Å²) in [4.78, 5) is 0. The number of aliphatic hydroxyl groups excluding tert-OH is 4. The van der Waals surface area contributed by atoms with E-state index in [1.165, 1.54) is 5.75 Å². The molecule has 21 heavy (non-hydrogen) atoms. The van der Waals surface area contributed by atoms with Gasteiger partial charge in [-0.05, 0) is 11.5 Å². The van der Waals surface area contributed by atoms with Gasteiger partial charge in [-0.15, -0.1) is 0 Å². The minimum Gasteiger partial charge on any atom is -0.396 e. The van der Waals surface area contributed by atoms with Crippen LogP contribution < -0.4 is 0 Å². The van der Waals surface area contributed by atoms with E-state index >= 15 is 0 Å². The van der Waals surface area contributed by atoms with Crippen LogP contribution in [0.4, 0.5) is 0 Å². The fourth-order valence-electron chi connectivity index (χ4n) is 0.952. The molecule has 0 aliphatic heterocycles. The normalized spacial score (nSPS) is 12.7. The van der Waals surface area contributed by atoms with Crippen LogP contribution in [0.25, 0.3) is 0 Å². The highest BCUT2D eigenvalue weighted by Crippen LogP contribution is 2.18. The third kappa shape index (κ3) is 13.7. The van der Waals surface area contributed by atoms with Crippen LogP contribution in [0.15, 0.2) is 0 Å². The van der Waals surface area contributed by atoms with E-state index in [4.69, 9.17) is 20.4 Å². The molecule has 0 heterocycles. The molecule has 1 atom stereocenters. The van der Waals surface area contributed by atoms with Crippen molar-refractivity contribution in [2.75, 3.05) is 60.9 Å². The second-order valence-electron chi connectivity index (χ2n) is 4.33. The van der Waals surface area contributed by atoms with Crippen molar-refractivity contribution in [2.24, 2.45) is 5.41 Å². The van der Waals surface area contributed by atoms with Gasteiger partial charge in [-0.3, -0.25) is 0 Å². The van der Waals surface area contributed by atoms with E-state index < -0.39 is 31.8 Å². The first-order valence-electron chi connectivity index (χ1n) is 6.55. The Morgan fingerprint density at radius 3 is 1.57 bits per heavy atom. The van der Waals surface area contributed by atoms with Crippen molar-refractivity contribution in [3.8, 4) is 0 Å². The highest BCUT2D eigenvalue weighted by atomic mass is 32.2. The second-order valence-corrected chi connectivity index (χ2v) is 8.15. The number of aliphatic hydroxyl groups is 4. The fraction of sp³-hybridized carbons (Fsp3) is 1.00. The molecule has 0 aliphatic rings. The summed E-state index contributed by atoms with van der Waals surface area (Å²) in [6.45, 7) is -1.62. The third-order valence-corrected chi connectivity index (χ3v) is 6.86. The molecule has 0 aromatic heterocycles. The van der Waals surface area contributed by atoms with Crippen LogP contribution in [-0.2, 0) is 0 Å². The molecule has 0 saturated carbocycles. The maximum absolute atomic E-state index is 8.50. The Kier molecular flexibility index (Phi) is 21.2. The average molecular weight is 397 g/mol. The zero-order valence-electron chi connectivity index (χ0n) is 12.1. The summed E-state index contributed by atoms with van der Waals surface area (Å²) in [5.74, 6) is 6.39. The quantitative estimate of drug-likeness (QED) is 0.193. The number of thiol groups is 3. The van der Waals surface area contributed by atoms with Gasteiger partial charge in [-0.2, -0.15) is 61.4 Å². The maximum Gasteiger partial charge on any atom is 0.0627 e. The van der Waals surface area contributed by atoms with Crippen molar-refractivity contribution in [1.82, 2.24) is 0 Å². The zero-order valence-corrected chi connectivity index (χ0v) is 16.4. The van der Waals surface area contributed by atoms with Crippen molar-refractivity contribution in [3.63, 3.8) is 0 Å². The summed E-state index contributed by atoms with van der Waals surface area (Å²) in [6, 6.07) is 0. The third-order valence-electron chi connectivity index (χ3n) is 2.53. The molecule has 4 nitrogen and oxygen atoms in total. The molecule has 9 heteroatoms. The van der Waals surface area contributed by atoms with Crippen molar-refractivity contribution >= 4 is 61.4 Å². The first-order chi connectivity index (χ1) is 10.1. The van der Waals surface area contributed by atoms with E-state index in [0.717, 1.165) is 28.8 Å². The minimum atomic E-state index is -1.11. The molecule has 4 N–H and O–H groups in total. The lowest BCUT2D eigenvalue weighted by Crippen LogP contribution is -2.37. The summed E-state index contributed by atoms with van der Waals surface area (Å²) in [6.07, 6.45) is 0. The van der Waals surface area contributed by atoms with Gasteiger partial charge in [0.05, 0.1) is 31.8 Å². The van der Waals surface area contributed by atoms with Crippen molar-refractivity contribution in [3.05, 3.63) is 0 Å². The molecule has 0 spiro atoms. The highest BCUT2D eigenvalue weighted by molar-refractivity contribution is 8.04. The fourth-order valence-corrected chi connectivity index (χ4v) is 4.17. The van der Waals surface area contributed by atoms with Crippen molar-refractivity contribution in [2.45, 2.75) is 5.25 Å². The van der Waals surface area contributed by atoms with Gasteiger partial charge in [0.25, 0.3) is 0 Å². The summed E-state index contributed by atoms with van der Waals surface area (Å²) < 4.78 is 0. The maximum atomic E-state index is 8.50. The predicted octanol–water partition coefficient (Wildman–Crippen LogP) is 0.553. The molecule has 130 valence electrons. The summed E-state index contributed by atoms with van der Waals surface area (Å²) in [7, 11) is 0. The smallest absolute Gasteiger partial charge is 0.0627 e. The summed E-state index contributed by atoms with van der Waals surface area (Å²) >= 11 is 16.6. The SMILES string of the molecule is OCC(CO)(CO)CO.SCCSCC(CS)SCCS. The number of rotatable bonds is 12. The number of hydrogen-bond acceptors (Lipinski definition) is 9. The lowest BCUT2D eigenvalue weighted by molar-refractivity contribution is -0.0328. The Balaban J connectivity index is 0. The Labute approximate surface area is 153 Å². The lowest BCUT2D eigenvalue weighted by atomic mass is 9.93. The highest BCUT2D eigenvalue weighted by Gasteiger charge is 2.26. The monoisotopic (exact) mass is 396 g/mol. The van der Waals surface area contributed by atoms with Gasteiger partial charge in [-0.25, -0.2) is 0 Å². The van der Waals surface area contributed by atoms with E-state index in [9.17, 15) is 0 Å². The van der Waals surface area contributed by atoms with Crippen LogP contribution in [0.3, 0.4) is 0 Å². The number of hydrogen-bond donors (Lipinski definition) is 7. The standard InChI is InChI=1S/C7H16S5.C5H12O4/c8-1-3-11-6-7(5-10)12-4-2-9;6-1-5(2-7,3-8)4-9/h7-10H,1-6H2;6-9H,1-4H2. The molecule has 0 aromatic rings. The zero-order chi connectivity index (χ0) is 16.6. The van der Waals surface area contributed by atoms with Crippen LogP contribution in [0.5, 0.6) is 0 Å². The molecule has 0 saturated heterocycles. The summed E-state index contributed by atoms with van der Waals surface area (Å²) in [5, 5.41) is 34.7. The molecular formula is C12H28O4S5. The van der Waals surface area contributed by atoms with E-state index in [1.54, 1.807) is 0 Å². The van der Waals surface area contributed by atoms with Crippen LogP contribution in [0.1, 0.15) is 0 Å². The van der Waals surface area contributed by atoms with Crippen LogP contribution in [-0.4, -0.2) is 86.6 Å². The van der Waals surface area contributed by atoms with E-state index in [0.29, 0.717) is 5.25 Å². The van der Waals surface area contributed by atoms with Gasteiger partial charge < -0.3 is 20.4 Å². The van der Waals surface area contributed by atoms with Crippen LogP contribution >= 0.6 is 61.4 Å². The summed E-state index contributed by atoms with van der Waals surface area (Å²) in [5.41, 5.74) is -1.11. The molecular weight excluding hydrogens is 368 g/mol. The molecule has 0 amide bonds. The Morgan fingerprint density at radius 1 is 0.810 bits per heavy atom. The molecule has 0 fully saturated rings. The minimum absolute atomic E-state index is 0.406. The van der Waals surface area contributed by atoms with Gasteiger partial charge in [0, 0.05) is 28.3 Å². The molecule has 0 rings (SSSR count). The Bertz CT molecular complexity index is 191. The Morgan fingerprint density at radius 2 is 1.29 bits per heavy atom. The molecule has 0 radical (unpaired) electrons. The van der Waals surface area contributed by atoms with Gasteiger partial charge in [0.2, 0.25) is 0 Å². The molecule has 0 aromatic carbocycles. The van der Waals surface area contributed by atoms with Crippen molar-refractivity contribution in [1.29, 1.82) is 0 Å². The van der Waals surface area contributed by atoms with Crippen LogP contribution in [0, 0.1) is 5.41 Å². The second kappa shape index (κ2) is 17.9. The molecule has 1 unspecified atom stereocenters. The molecule has 0 bridgehead atoms. The van der Waals surface area contributed by atoms with E-state index in [2.05, 4.69) is 37.9 Å². The largest absolute Gasteiger partial charge is 0.396 e. The van der Waals surface area contributed by atoms with E-state index in [1.807, 2.05) is 23.5 Å². The molecule has 0 aliphatic carbocycles. The first kappa shape index (κ1) is 24.8. The van der Waals surface area contributed by atoms with Crippen molar-refractivity contribution < 1.29 is 20.4 Å². The lowest BCUT2D eigenvalue weighted by Gasteiger charge is -2.23. The average Bonchev–Trinajstić information content (AvgIpc) is 2.54. The van der Waals surface area contributed by atoms with Gasteiger partial charge in [0.15, 0.2) is 0 Å². The van der Waals surface area contributed by atoms with E-state index in [-0.39, 0.29) is 0 Å². The number of thioether (sulfide) groups is 2. The van der Waals surface area contributed by atoms with Gasteiger partial charge in [0.1, 0.15) is 0 Å². The van der Waals surface area contributed by atoms with Crippen LogP contribution in [0.2, 0.25) is 0 Å².